The molecule has 2 nitrogen and oxygen atoms in total. The average molecular weight is 310 g/mol. The summed E-state index contributed by atoms with van der Waals surface area (Å²) in [5.74, 6) is -0.453. The molecule has 0 radical (unpaired) electrons. The molecule has 0 bridgehead atoms. The van der Waals surface area contributed by atoms with E-state index in [0.29, 0.717) is 26.1 Å². The van der Waals surface area contributed by atoms with Crippen LogP contribution in [-0.4, -0.2) is 25.5 Å². The molecule has 13 heavy (non-hydrogen) atoms. The van der Waals surface area contributed by atoms with Gasteiger partial charge in [0.1, 0.15) is 23.0 Å². The van der Waals surface area contributed by atoms with E-state index in [1.165, 1.54) is 23.0 Å². The first-order valence-corrected chi connectivity index (χ1v) is 4.85. The Morgan fingerprint density at radius 2 is 1.85 bits per heavy atom. The van der Waals surface area contributed by atoms with Gasteiger partial charge in [-0.1, -0.05) is 0 Å². The molecule has 0 amide bonds. The Kier molecular flexibility index (Phi) is 4.24. The van der Waals surface area contributed by atoms with Gasteiger partial charge in [0.2, 0.25) is 0 Å². The number of ether oxygens (including phenoxy) is 1. The lowest BCUT2D eigenvalue weighted by Crippen LogP contribution is -2.39. The Balaban J connectivity index is 2.54. The van der Waals surface area contributed by atoms with Crippen molar-refractivity contribution in [2.45, 2.75) is 25.1 Å². The summed E-state index contributed by atoms with van der Waals surface area (Å²) in [5.41, 5.74) is 0. The summed E-state index contributed by atoms with van der Waals surface area (Å²) >= 11 is 1.32. The summed E-state index contributed by atoms with van der Waals surface area (Å²) in [7, 11) is 0. The van der Waals surface area contributed by atoms with E-state index in [1.54, 1.807) is 0 Å². The van der Waals surface area contributed by atoms with E-state index in [-0.39, 0.29) is 0 Å². The number of hydrogen-bond acceptors (Lipinski definition) is 2. The molecule has 1 atom stereocenters. The summed E-state index contributed by atoms with van der Waals surface area (Å²) in [5, 5.41) is 0. The van der Waals surface area contributed by atoms with E-state index in [2.05, 4.69) is 3.07 Å². The molecule has 6 heteroatoms. The molecule has 0 spiro atoms. The van der Waals surface area contributed by atoms with Crippen LogP contribution < -0.4 is 0 Å². The Labute approximate surface area is 88.5 Å². The fraction of sp³-hybridized carbons (Fsp3) is 1.00. The van der Waals surface area contributed by atoms with Gasteiger partial charge in [0, 0.05) is 13.2 Å². The molecular weight excluding hydrogens is 300 g/mol. The van der Waals surface area contributed by atoms with Gasteiger partial charge in [-0.15, -0.1) is 0 Å². The molecule has 1 heterocycles. The van der Waals surface area contributed by atoms with Gasteiger partial charge >= 0.3 is 6.18 Å². The van der Waals surface area contributed by atoms with Gasteiger partial charge in [-0.05, 0) is 18.8 Å². The van der Waals surface area contributed by atoms with Gasteiger partial charge in [-0.3, -0.25) is 0 Å². The minimum atomic E-state index is -4.26. The van der Waals surface area contributed by atoms with Crippen LogP contribution in [0, 0.1) is 5.92 Å². The number of alkyl halides is 3. The monoisotopic (exact) mass is 310 g/mol. The van der Waals surface area contributed by atoms with E-state index >= 15 is 0 Å². The van der Waals surface area contributed by atoms with Crippen LogP contribution in [0.25, 0.3) is 0 Å². The molecule has 0 saturated carbocycles. The Hall–Kier alpha value is 0.440. The standard InChI is InChI=1S/C7H10F3IO2/c8-7(9,10)6(13-11)5-1-3-12-4-2-5/h5-6H,1-4H2/t6-/m1/s1. The molecule has 1 fully saturated rings. The van der Waals surface area contributed by atoms with Gasteiger partial charge in [-0.2, -0.15) is 13.2 Å². The zero-order valence-corrected chi connectivity index (χ0v) is 8.97. The third-order valence-electron chi connectivity index (χ3n) is 2.11. The Morgan fingerprint density at radius 3 is 2.23 bits per heavy atom. The SMILES string of the molecule is FC(F)(F)[C@H](OI)C1CCOCC1. The van der Waals surface area contributed by atoms with Gasteiger partial charge in [-0.25, -0.2) is 0 Å². The second-order valence-electron chi connectivity index (χ2n) is 3.00. The quantitative estimate of drug-likeness (QED) is 0.730. The van der Waals surface area contributed by atoms with Gasteiger partial charge < -0.3 is 7.80 Å². The van der Waals surface area contributed by atoms with Gasteiger partial charge in [0.15, 0.2) is 6.10 Å². The largest absolute Gasteiger partial charge is 0.415 e. The van der Waals surface area contributed by atoms with Crippen molar-refractivity contribution in [3.63, 3.8) is 0 Å². The minimum absolute atomic E-state index is 0.400. The van der Waals surface area contributed by atoms with Crippen molar-refractivity contribution in [1.29, 1.82) is 0 Å². The van der Waals surface area contributed by atoms with E-state index in [0.717, 1.165) is 0 Å². The van der Waals surface area contributed by atoms with Gasteiger partial charge in [0.05, 0.1) is 0 Å². The molecular formula is C7H10F3IO2. The molecule has 0 N–H and O–H groups in total. The van der Waals surface area contributed by atoms with E-state index < -0.39 is 18.2 Å². The Morgan fingerprint density at radius 1 is 1.31 bits per heavy atom. The summed E-state index contributed by atoms with van der Waals surface area (Å²) < 4.78 is 46.4. The lowest BCUT2D eigenvalue weighted by Gasteiger charge is -2.29. The van der Waals surface area contributed by atoms with Crippen molar-refractivity contribution < 1.29 is 21.0 Å². The van der Waals surface area contributed by atoms with E-state index in [4.69, 9.17) is 4.74 Å². The molecule has 0 aromatic heterocycles. The maximum Gasteiger partial charge on any atom is 0.415 e. The normalized spacial score (nSPS) is 23.1. The molecule has 0 aromatic carbocycles. The maximum atomic E-state index is 12.3. The average Bonchev–Trinajstić information content (AvgIpc) is 2.05. The van der Waals surface area contributed by atoms with E-state index in [1.807, 2.05) is 0 Å². The second kappa shape index (κ2) is 4.79. The predicted octanol–water partition coefficient (Wildman–Crippen LogP) is 2.71. The van der Waals surface area contributed by atoms with Crippen LogP contribution >= 0.6 is 23.0 Å². The molecule has 1 saturated heterocycles. The summed E-state index contributed by atoms with van der Waals surface area (Å²) in [6.45, 7) is 0.800. The van der Waals surface area contributed by atoms with Crippen LogP contribution in [0.2, 0.25) is 0 Å². The molecule has 78 valence electrons. The molecule has 1 aliphatic rings. The third-order valence-corrected chi connectivity index (χ3v) is 2.66. The molecule has 1 rings (SSSR count). The second-order valence-corrected chi connectivity index (χ2v) is 3.51. The van der Waals surface area contributed by atoms with Crippen LogP contribution in [0.1, 0.15) is 12.8 Å². The summed E-state index contributed by atoms with van der Waals surface area (Å²) in [4.78, 5) is 0. The zero-order chi connectivity index (χ0) is 9.90. The van der Waals surface area contributed by atoms with Gasteiger partial charge in [0.25, 0.3) is 0 Å². The third kappa shape index (κ3) is 3.25. The van der Waals surface area contributed by atoms with Crippen molar-refractivity contribution in [3.8, 4) is 0 Å². The van der Waals surface area contributed by atoms with Crippen LogP contribution in [0.5, 0.6) is 0 Å². The highest BCUT2D eigenvalue weighted by molar-refractivity contribution is 14.1. The smallest absolute Gasteiger partial charge is 0.381 e. The van der Waals surface area contributed by atoms with Crippen molar-refractivity contribution in [2.24, 2.45) is 5.92 Å². The number of halogens is 4. The first-order chi connectivity index (χ1) is 6.05. The number of rotatable bonds is 2. The molecule has 0 aromatic rings. The predicted molar refractivity (Wildman–Crippen MR) is 48.5 cm³/mol. The van der Waals surface area contributed by atoms with Crippen LogP contribution in [0.4, 0.5) is 13.2 Å². The maximum absolute atomic E-state index is 12.3. The van der Waals surface area contributed by atoms with Crippen LogP contribution in [-0.2, 0) is 7.80 Å². The molecule has 0 unspecified atom stereocenters. The summed E-state index contributed by atoms with van der Waals surface area (Å²) in [6, 6.07) is 0. The fourth-order valence-electron chi connectivity index (χ4n) is 1.41. The minimum Gasteiger partial charge on any atom is -0.381 e. The fourth-order valence-corrected chi connectivity index (χ4v) is 2.11. The van der Waals surface area contributed by atoms with Crippen molar-refractivity contribution >= 4 is 23.0 Å². The zero-order valence-electron chi connectivity index (χ0n) is 6.81. The first-order valence-electron chi connectivity index (χ1n) is 3.97. The lowest BCUT2D eigenvalue weighted by molar-refractivity contribution is -0.207. The highest BCUT2D eigenvalue weighted by Gasteiger charge is 2.45. The van der Waals surface area contributed by atoms with Crippen molar-refractivity contribution in [3.05, 3.63) is 0 Å². The summed E-state index contributed by atoms with van der Waals surface area (Å²) in [6.07, 6.45) is -5.05. The number of hydrogen-bond donors (Lipinski definition) is 0. The first kappa shape index (κ1) is 11.5. The molecule has 1 aliphatic heterocycles. The highest BCUT2D eigenvalue weighted by Crippen LogP contribution is 2.34. The Bertz CT molecular complexity index is 156. The van der Waals surface area contributed by atoms with Crippen molar-refractivity contribution in [1.82, 2.24) is 0 Å². The topological polar surface area (TPSA) is 18.5 Å². The molecule has 0 aliphatic carbocycles. The highest BCUT2D eigenvalue weighted by atomic mass is 127. The van der Waals surface area contributed by atoms with Crippen LogP contribution in [0.3, 0.4) is 0 Å². The van der Waals surface area contributed by atoms with Crippen molar-refractivity contribution in [2.75, 3.05) is 13.2 Å². The lowest BCUT2D eigenvalue weighted by atomic mass is 9.94. The van der Waals surface area contributed by atoms with E-state index in [9.17, 15) is 13.2 Å². The van der Waals surface area contributed by atoms with Crippen LogP contribution in [0.15, 0.2) is 0 Å².